The molecule has 1 aromatic rings. The van der Waals surface area contributed by atoms with Gasteiger partial charge in [-0.3, -0.25) is 4.79 Å². The summed E-state index contributed by atoms with van der Waals surface area (Å²) in [4.78, 5) is 31.9. The third-order valence-corrected chi connectivity index (χ3v) is 3.56. The minimum absolute atomic E-state index is 0.0936. The standard InChI is InChI=1S/C11H14FN2O7P/c12-8-9(15)7(5-20-22(17,18)19)21-11(8)14-3-1-2-6(4-14)10(13)16/h1-4,7-9,11,15H,5H2,(H3-,13,16,17,18,19)/p-1/t7-,8+,9?,11-/m1/s1. The Labute approximate surface area is 124 Å². The van der Waals surface area contributed by atoms with Gasteiger partial charge < -0.3 is 34.5 Å². The number of hydrogen-bond donors (Lipinski definition) is 2. The van der Waals surface area contributed by atoms with E-state index in [1.807, 2.05) is 0 Å². The number of carbonyl (C=O) groups excluding carboxylic acids is 1. The summed E-state index contributed by atoms with van der Waals surface area (Å²) in [5, 5.41) is 9.69. The zero-order valence-electron chi connectivity index (χ0n) is 11.1. The zero-order valence-corrected chi connectivity index (χ0v) is 12.0. The van der Waals surface area contributed by atoms with Crippen LogP contribution in [0, 0.1) is 0 Å². The van der Waals surface area contributed by atoms with Crippen molar-refractivity contribution >= 4 is 13.7 Å². The van der Waals surface area contributed by atoms with Gasteiger partial charge in [-0.1, -0.05) is 0 Å². The number of aromatic nitrogens is 1. The lowest BCUT2D eigenvalue weighted by molar-refractivity contribution is -0.764. The van der Waals surface area contributed by atoms with Crippen LogP contribution in [-0.2, 0) is 13.8 Å². The lowest BCUT2D eigenvalue weighted by Gasteiger charge is -2.29. The molecular formula is C11H13FN2O7P-. The Kier molecular flexibility index (Phi) is 4.90. The fourth-order valence-electron chi connectivity index (χ4n) is 2.04. The van der Waals surface area contributed by atoms with Gasteiger partial charge in [0.1, 0.15) is 17.8 Å². The topological polar surface area (TPSA) is 149 Å². The van der Waals surface area contributed by atoms with E-state index in [4.69, 9.17) is 10.5 Å². The van der Waals surface area contributed by atoms with Crippen molar-refractivity contribution in [3.05, 3.63) is 30.1 Å². The lowest BCUT2D eigenvalue weighted by atomic mass is 10.1. The fourth-order valence-corrected chi connectivity index (χ4v) is 2.37. The monoisotopic (exact) mass is 335 g/mol. The molecule has 11 heteroatoms. The van der Waals surface area contributed by atoms with E-state index in [1.165, 1.54) is 29.1 Å². The van der Waals surface area contributed by atoms with Crippen LogP contribution < -0.4 is 20.1 Å². The Balaban J connectivity index is 2.14. The Morgan fingerprint density at radius 3 is 2.86 bits per heavy atom. The van der Waals surface area contributed by atoms with E-state index in [0.717, 1.165) is 0 Å². The van der Waals surface area contributed by atoms with Gasteiger partial charge in [0, 0.05) is 6.07 Å². The number of hydrogen-bond acceptors (Lipinski definition) is 7. The Bertz CT molecular complexity index is 610. The van der Waals surface area contributed by atoms with E-state index >= 15 is 0 Å². The molecule has 1 saturated heterocycles. The van der Waals surface area contributed by atoms with Gasteiger partial charge in [-0.05, 0) is 6.07 Å². The lowest BCUT2D eigenvalue weighted by Crippen LogP contribution is -2.45. The first kappa shape index (κ1) is 16.9. The molecule has 9 nitrogen and oxygen atoms in total. The Morgan fingerprint density at radius 1 is 1.59 bits per heavy atom. The van der Waals surface area contributed by atoms with Crippen molar-refractivity contribution in [2.24, 2.45) is 5.73 Å². The summed E-state index contributed by atoms with van der Waals surface area (Å²) >= 11 is 0. The highest BCUT2D eigenvalue weighted by molar-refractivity contribution is 7.43. The van der Waals surface area contributed by atoms with E-state index in [2.05, 4.69) is 4.52 Å². The number of aliphatic hydroxyl groups excluding tert-OH is 1. The molecule has 22 heavy (non-hydrogen) atoms. The Hall–Kier alpha value is -1.42. The number of alkyl halides is 1. The predicted molar refractivity (Wildman–Crippen MR) is 63.5 cm³/mol. The van der Waals surface area contributed by atoms with Crippen LogP contribution in [-0.4, -0.2) is 36.0 Å². The predicted octanol–water partition coefficient (Wildman–Crippen LogP) is -2.49. The molecule has 1 unspecified atom stereocenters. The number of carbonyl (C=O) groups is 1. The summed E-state index contributed by atoms with van der Waals surface area (Å²) in [7, 11) is -5.26. The van der Waals surface area contributed by atoms with Gasteiger partial charge in [-0.2, -0.15) is 4.57 Å². The summed E-state index contributed by atoms with van der Waals surface area (Å²) in [5.74, 6) is -0.734. The first-order valence-electron chi connectivity index (χ1n) is 6.14. The van der Waals surface area contributed by atoms with Crippen molar-refractivity contribution in [1.82, 2.24) is 0 Å². The molecule has 1 aliphatic heterocycles. The molecule has 122 valence electrons. The number of pyridine rings is 1. The summed E-state index contributed by atoms with van der Waals surface area (Å²) in [6, 6.07) is 2.83. The van der Waals surface area contributed by atoms with Crippen LogP contribution in [0.3, 0.4) is 0 Å². The van der Waals surface area contributed by atoms with Gasteiger partial charge in [0.2, 0.25) is 6.17 Å². The van der Waals surface area contributed by atoms with Crippen molar-refractivity contribution in [1.29, 1.82) is 0 Å². The number of primary amides is 1. The minimum atomic E-state index is -5.26. The van der Waals surface area contributed by atoms with Gasteiger partial charge in [0.15, 0.2) is 12.4 Å². The van der Waals surface area contributed by atoms with Gasteiger partial charge in [-0.25, -0.2) is 4.39 Å². The van der Waals surface area contributed by atoms with Crippen LogP contribution >= 0.6 is 7.82 Å². The van der Waals surface area contributed by atoms with E-state index in [-0.39, 0.29) is 5.56 Å². The second-order valence-electron chi connectivity index (χ2n) is 4.65. The number of rotatable bonds is 5. The molecule has 0 saturated carbocycles. The van der Waals surface area contributed by atoms with Gasteiger partial charge in [0.05, 0.1) is 14.4 Å². The number of phosphoric acid groups is 1. The van der Waals surface area contributed by atoms with Crippen molar-refractivity contribution in [2.45, 2.75) is 24.6 Å². The molecule has 1 amide bonds. The number of nitrogens with zero attached hydrogens (tertiary/aromatic N) is 1. The molecule has 0 aromatic carbocycles. The minimum Gasteiger partial charge on any atom is -0.790 e. The Morgan fingerprint density at radius 2 is 2.27 bits per heavy atom. The average molecular weight is 335 g/mol. The van der Waals surface area contributed by atoms with Gasteiger partial charge in [0.25, 0.3) is 12.1 Å². The largest absolute Gasteiger partial charge is 0.790 e. The number of phosphoric ester groups is 1. The maximum Gasteiger partial charge on any atom is 0.297 e. The maximum atomic E-state index is 14.1. The molecule has 0 aliphatic carbocycles. The molecule has 0 radical (unpaired) electrons. The average Bonchev–Trinajstić information content (AvgIpc) is 2.72. The van der Waals surface area contributed by atoms with E-state index in [1.54, 1.807) is 0 Å². The number of halogens is 1. The smallest absolute Gasteiger partial charge is 0.297 e. The third kappa shape index (κ3) is 3.86. The summed E-state index contributed by atoms with van der Waals surface area (Å²) in [6.07, 6.45) is -3.67. The molecule has 2 rings (SSSR count). The van der Waals surface area contributed by atoms with Crippen LogP contribution in [0.4, 0.5) is 4.39 Å². The molecule has 1 fully saturated rings. The van der Waals surface area contributed by atoms with Crippen molar-refractivity contribution < 1.29 is 42.5 Å². The van der Waals surface area contributed by atoms with Gasteiger partial charge in [-0.15, -0.1) is 0 Å². The highest BCUT2D eigenvalue weighted by atomic mass is 31.2. The summed E-state index contributed by atoms with van der Waals surface area (Å²) in [6.45, 7) is -0.807. The van der Waals surface area contributed by atoms with Crippen molar-refractivity contribution in [2.75, 3.05) is 6.61 Å². The van der Waals surface area contributed by atoms with Crippen LogP contribution in [0.1, 0.15) is 16.6 Å². The molecule has 2 heterocycles. The molecule has 1 aliphatic rings. The van der Waals surface area contributed by atoms with E-state index in [0.29, 0.717) is 0 Å². The highest BCUT2D eigenvalue weighted by Gasteiger charge is 2.49. The van der Waals surface area contributed by atoms with Crippen LogP contribution in [0.15, 0.2) is 24.5 Å². The first-order valence-corrected chi connectivity index (χ1v) is 7.60. The van der Waals surface area contributed by atoms with Crippen molar-refractivity contribution in [3.8, 4) is 0 Å². The van der Waals surface area contributed by atoms with Crippen molar-refractivity contribution in [3.63, 3.8) is 0 Å². The molecule has 0 bridgehead atoms. The summed E-state index contributed by atoms with van der Waals surface area (Å²) < 4.78 is 34.8. The second-order valence-corrected chi connectivity index (χ2v) is 5.80. The molecule has 1 aromatic heterocycles. The number of nitrogens with two attached hydrogens (primary N) is 1. The van der Waals surface area contributed by atoms with E-state index < -0.39 is 44.9 Å². The first-order chi connectivity index (χ1) is 10.2. The molecular weight excluding hydrogens is 322 g/mol. The van der Waals surface area contributed by atoms with E-state index in [9.17, 15) is 28.6 Å². The van der Waals surface area contributed by atoms with Gasteiger partial charge >= 0.3 is 0 Å². The number of amides is 1. The SMILES string of the molecule is NC(=O)c1ccc[n+]([C@@H]2O[C@H](COP(=O)([O-])[O-])C(O)[C@@H]2F)c1. The van der Waals surface area contributed by atoms with Crippen LogP contribution in [0.5, 0.6) is 0 Å². The normalized spacial score (nSPS) is 28.7. The third-order valence-electron chi connectivity index (χ3n) is 3.09. The molecule has 3 N–H and O–H groups in total. The number of ether oxygens (including phenoxy) is 1. The maximum absolute atomic E-state index is 14.1. The van der Waals surface area contributed by atoms with Crippen LogP contribution in [0.2, 0.25) is 0 Å². The fraction of sp³-hybridized carbons (Fsp3) is 0.455. The quantitative estimate of drug-likeness (QED) is 0.447. The highest BCUT2D eigenvalue weighted by Crippen LogP contribution is 2.32. The number of aliphatic hydroxyl groups is 1. The molecule has 0 spiro atoms. The second kappa shape index (κ2) is 6.37. The zero-order chi connectivity index (χ0) is 16.5. The van der Waals surface area contributed by atoms with Crippen LogP contribution in [0.25, 0.3) is 0 Å². The summed E-state index contributed by atoms with van der Waals surface area (Å²) in [5.41, 5.74) is 5.20. The molecule has 4 atom stereocenters.